The topological polar surface area (TPSA) is 576 Å². The van der Waals surface area contributed by atoms with Crippen molar-refractivity contribution < 1.29 is 66.0 Å². The van der Waals surface area contributed by atoms with Crippen molar-refractivity contribution in [2.24, 2.45) is 0 Å². The Kier molecular flexibility index (Phi) is 28.8. The number of alkyl halides is 10. The molecule has 0 atom stereocenters. The molecule has 13 aromatic rings. The molecule has 115 heavy (non-hydrogen) atoms. The lowest BCUT2D eigenvalue weighted by Crippen LogP contribution is -2.24. The molecular formula is C68H58ClF9N12O24S. The molecule has 13 aromatic heterocycles. The molecule has 13 heterocycles. The zero-order chi connectivity index (χ0) is 84.4. The van der Waals surface area contributed by atoms with Crippen molar-refractivity contribution in [2.45, 2.75) is 121 Å². The van der Waals surface area contributed by atoms with Gasteiger partial charge in [-0.1, -0.05) is 12.1 Å². The predicted molar refractivity (Wildman–Crippen MR) is 393 cm³/mol. The number of hydrogen-bond donors (Lipinski definition) is 12. The van der Waals surface area contributed by atoms with Crippen LogP contribution < -0.4 is 101 Å². The maximum Gasteiger partial charge on any atom is 0.389 e. The van der Waals surface area contributed by atoms with E-state index in [1.165, 1.54) is 29.5 Å². The van der Waals surface area contributed by atoms with Crippen molar-refractivity contribution in [3.63, 3.8) is 0 Å². The Morgan fingerprint density at radius 1 is 0.330 bits per heavy atom. The first-order valence-electron chi connectivity index (χ1n) is 33.3. The molecule has 0 saturated heterocycles. The van der Waals surface area contributed by atoms with Crippen LogP contribution in [0.1, 0.15) is 102 Å². The van der Waals surface area contributed by atoms with Crippen molar-refractivity contribution in [3.8, 4) is 0 Å². The van der Waals surface area contributed by atoms with Crippen LogP contribution in [0.2, 0.25) is 0 Å². The molecule has 0 fully saturated rings. The van der Waals surface area contributed by atoms with E-state index in [2.05, 4.69) is 55.3 Å². The van der Waals surface area contributed by atoms with Crippen LogP contribution in [-0.4, -0.2) is 84.2 Å². The Morgan fingerprint density at radius 3 is 0.870 bits per heavy atom. The first-order chi connectivity index (χ1) is 54.1. The van der Waals surface area contributed by atoms with Crippen LogP contribution in [0.4, 0.5) is 39.5 Å². The Labute approximate surface area is 632 Å². The molecule has 13 rings (SSSR count). The molecule has 0 aliphatic heterocycles. The van der Waals surface area contributed by atoms with Gasteiger partial charge >= 0.3 is 86.4 Å². The van der Waals surface area contributed by atoms with Crippen LogP contribution in [-0.2, 0) is 38.5 Å². The molecule has 36 nitrogen and oxygen atoms in total. The molecule has 0 saturated carbocycles. The van der Waals surface area contributed by atoms with Gasteiger partial charge in [-0.05, 0) is 122 Å². The van der Waals surface area contributed by atoms with Crippen molar-refractivity contribution in [2.75, 3.05) is 5.88 Å². The number of aromatic nitrogens is 12. The van der Waals surface area contributed by atoms with Crippen molar-refractivity contribution >= 4 is 89.5 Å². The van der Waals surface area contributed by atoms with Crippen LogP contribution in [0.25, 0.3) is 66.6 Å². The molecule has 12 N–H and O–H groups in total. The summed E-state index contributed by atoms with van der Waals surface area (Å²) in [4.78, 5) is 231. The number of unbranched alkanes of at least 4 members (excludes halogenated alkanes) is 3. The van der Waals surface area contributed by atoms with Gasteiger partial charge in [0.1, 0.15) is 32.3 Å². The van der Waals surface area contributed by atoms with Gasteiger partial charge in [0.05, 0.1) is 0 Å². The van der Waals surface area contributed by atoms with E-state index in [-0.39, 0.29) is 110 Å². The maximum atomic E-state index is 12.2. The minimum absolute atomic E-state index is 0.0267. The van der Waals surface area contributed by atoms with Gasteiger partial charge < -0.3 is 26.5 Å². The summed E-state index contributed by atoms with van der Waals surface area (Å²) in [5, 5.41) is 2.13. The normalized spacial score (nSPS) is 11.4. The van der Waals surface area contributed by atoms with E-state index in [0.717, 1.165) is 42.3 Å². The summed E-state index contributed by atoms with van der Waals surface area (Å²) in [5.41, 5.74) is -12.6. The number of halogens is 10. The predicted octanol–water partition coefficient (Wildman–Crippen LogP) is 5.40. The largest absolute Gasteiger partial charge is 0.405 e. The first kappa shape index (κ1) is 87.0. The molecular weight excluding hydrogens is 1610 g/mol. The van der Waals surface area contributed by atoms with E-state index >= 15 is 0 Å². The number of thiophene rings is 1. The lowest BCUT2D eigenvalue weighted by molar-refractivity contribution is -0.136. The van der Waals surface area contributed by atoms with Crippen LogP contribution >= 0.6 is 22.9 Å². The second-order valence-corrected chi connectivity index (χ2v) is 25.6. The number of H-pyrrole nitrogens is 12. The summed E-state index contributed by atoms with van der Waals surface area (Å²) >= 11 is 7.09. The van der Waals surface area contributed by atoms with Gasteiger partial charge in [0.15, 0.2) is 0 Å². The Morgan fingerprint density at radius 2 is 0.591 bits per heavy atom. The third-order valence-corrected chi connectivity index (χ3v) is 16.9. The van der Waals surface area contributed by atoms with Gasteiger partial charge in [-0.3, -0.25) is 88.6 Å². The minimum atomic E-state index is -4.42. The Hall–Kier alpha value is -13.6. The number of rotatable bonds is 19. The second kappa shape index (κ2) is 38.1. The van der Waals surface area contributed by atoms with Gasteiger partial charge in [0, 0.05) is 72.8 Å². The number of fused-ring (bicyclic) bond motifs is 6. The number of hydrogen-bond acceptors (Lipinski definition) is 25. The fraction of sp³-hybridized carbons (Fsp3) is 0.294. The molecule has 0 spiro atoms. The van der Waals surface area contributed by atoms with Crippen LogP contribution in [0.3, 0.4) is 0 Å². The van der Waals surface area contributed by atoms with Crippen molar-refractivity contribution in [1.29, 1.82) is 0 Å². The van der Waals surface area contributed by atoms with Crippen LogP contribution in [0.5, 0.6) is 0 Å². The van der Waals surface area contributed by atoms with Gasteiger partial charge in [-0.15, -0.1) is 29.5 Å². The van der Waals surface area contributed by atoms with Gasteiger partial charge in [-0.25, -0.2) is 57.5 Å². The molecule has 0 aliphatic carbocycles. The number of aryl methyl sites for hydroxylation is 5. The van der Waals surface area contributed by atoms with E-state index in [9.17, 15) is 126 Å². The van der Waals surface area contributed by atoms with Gasteiger partial charge in [0.25, 0.3) is 33.4 Å². The smallest absolute Gasteiger partial charge is 0.389 e. The third-order valence-electron chi connectivity index (χ3n) is 15.7. The third kappa shape index (κ3) is 25.2. The molecule has 0 radical (unpaired) electrons. The highest BCUT2D eigenvalue weighted by atomic mass is 35.5. The van der Waals surface area contributed by atoms with E-state index in [1.54, 1.807) is 0 Å². The summed E-state index contributed by atoms with van der Waals surface area (Å²) in [6, 6.07) is 10.4. The summed E-state index contributed by atoms with van der Waals surface area (Å²) < 4.78 is 137. The monoisotopic (exact) mass is 1660 g/mol. The average molecular weight is 1670 g/mol. The molecule has 47 heteroatoms. The zero-order valence-electron chi connectivity index (χ0n) is 58.5. The standard InChI is InChI=1S/C13H14N2O4.C12H11F3N2O4.C12H8N2O4S.C11H9F3N2O4.C10H9ClN2O4.C10H7F3N2O4/c1-2-3-4-5-6-8-7-9(16)19-12-10(8)11(17)14-13(18)15-12;13-12(14,15)4-2-1-3-6-5-7(18)21-10-8(6)9(19)16-11(20)17-10;15-8-5-6(4-7-2-1-3-19-7)9-10(16)13-12(17)14-11(9)18-8;12-11(13,14)3-1-2-5-4-6(17)20-9-7(5)8(18)15-10(19)16-9;11-3-1-2-5-4-6(14)17-9-7(5)8(15)12-10(16)13-9;11-10(12,13)2-1-4-3-5(16)19-8-6(4)7(17)14-9(18)15-8/h2,7H,1,3-6H2,(H2,14,15,17,18);5H,1-4H2,(H2,16,17,19,20);1-3,5H,4H2,(H2,13,14,16,17);4H,1-3H2,(H2,15,16,18,19);4H,1-3H2,(H2,12,13,15,16);3H,1-2H2,(H2,14,15,17,18). The SMILES string of the molecule is C=CCCCCc1cc(=O)oc2[nH]c(=O)[nH]c(=O)c12.O=c1[nH]c(=O)c2c(CCC(F)(F)F)cc(=O)oc2[nH]1.O=c1[nH]c(=O)c2c(CCCC(F)(F)F)cc(=O)oc2[nH]1.O=c1[nH]c(=O)c2c(CCCCC(F)(F)F)cc(=O)oc2[nH]1.O=c1[nH]c(=O)c2c(CCCCl)cc(=O)oc2[nH]1.O=c1[nH]c(=O)c2c(Cc3cccs3)cc(=O)oc2[nH]1. The molecule has 0 aliphatic rings. The lowest BCUT2D eigenvalue weighted by Gasteiger charge is -2.07. The summed E-state index contributed by atoms with van der Waals surface area (Å²) in [6.45, 7) is 3.63. The fourth-order valence-electron chi connectivity index (χ4n) is 11.1. The first-order valence-corrected chi connectivity index (χ1v) is 34.7. The maximum absolute atomic E-state index is 12.2. The molecule has 0 amide bonds. The van der Waals surface area contributed by atoms with Crippen molar-refractivity contribution in [3.05, 3.63) is 292 Å². The fourth-order valence-corrected chi connectivity index (χ4v) is 11.9. The van der Waals surface area contributed by atoms with Crippen LogP contribution in [0, 0.1) is 0 Å². The summed E-state index contributed by atoms with van der Waals surface area (Å²) in [6.07, 6.45) is -10.4. The molecule has 610 valence electrons. The number of nitrogens with one attached hydrogen (secondary N) is 12. The highest BCUT2D eigenvalue weighted by Gasteiger charge is 2.29. The quantitative estimate of drug-likeness (QED) is 0.0209. The summed E-state index contributed by atoms with van der Waals surface area (Å²) in [7, 11) is 0. The Balaban J connectivity index is 0.000000173. The van der Waals surface area contributed by atoms with E-state index in [4.69, 9.17) is 29.3 Å². The van der Waals surface area contributed by atoms with Gasteiger partial charge in [0.2, 0.25) is 34.3 Å². The minimum Gasteiger partial charge on any atom is -0.405 e. The van der Waals surface area contributed by atoms with E-state index in [0.29, 0.717) is 48.3 Å². The Bertz CT molecular complexity index is 6890. The molecule has 0 unspecified atom stereocenters. The van der Waals surface area contributed by atoms with Crippen molar-refractivity contribution in [1.82, 2.24) is 59.8 Å². The number of aromatic amines is 12. The molecule has 0 aromatic carbocycles. The highest BCUT2D eigenvalue weighted by Crippen LogP contribution is 2.27. The average Bonchev–Trinajstić information content (AvgIpc) is 1.70. The second-order valence-electron chi connectivity index (χ2n) is 24.2. The van der Waals surface area contributed by atoms with Gasteiger partial charge in [-0.2, -0.15) is 39.5 Å². The van der Waals surface area contributed by atoms with E-state index in [1.807, 2.05) is 43.5 Å². The lowest BCUT2D eigenvalue weighted by atomic mass is 10.1. The number of allylic oxidation sites excluding steroid dienone is 1. The zero-order valence-corrected chi connectivity index (χ0v) is 60.1. The highest BCUT2D eigenvalue weighted by molar-refractivity contribution is 7.09. The molecule has 0 bridgehead atoms. The summed E-state index contributed by atoms with van der Waals surface area (Å²) in [5.74, 6) is 0.420. The van der Waals surface area contributed by atoms with E-state index < -0.39 is 151 Å². The van der Waals surface area contributed by atoms with Crippen LogP contribution in [0.15, 0.2) is 179 Å².